The van der Waals surface area contributed by atoms with E-state index in [-0.39, 0.29) is 19.2 Å². The number of fused-ring (bicyclic) bond motifs is 1. The summed E-state index contributed by atoms with van der Waals surface area (Å²) in [5, 5.41) is 7.10. The van der Waals surface area contributed by atoms with Gasteiger partial charge in [-0.2, -0.15) is 0 Å². The maximum atomic E-state index is 12.2. The second-order valence-corrected chi connectivity index (χ2v) is 7.73. The largest absolute Gasteiger partial charge is 0.454 e. The summed E-state index contributed by atoms with van der Waals surface area (Å²) in [4.78, 5) is 30.0. The fourth-order valence-electron chi connectivity index (χ4n) is 3.23. The van der Waals surface area contributed by atoms with Crippen LogP contribution in [-0.4, -0.2) is 61.3 Å². The Hall–Kier alpha value is -2.62. The number of anilines is 1. The third-order valence-electron chi connectivity index (χ3n) is 4.68. The van der Waals surface area contributed by atoms with E-state index in [1.54, 1.807) is 29.5 Å². The lowest BCUT2D eigenvalue weighted by Crippen LogP contribution is -2.50. The summed E-state index contributed by atoms with van der Waals surface area (Å²) >= 11 is 1.76. The molecule has 1 aromatic carbocycles. The van der Waals surface area contributed by atoms with Gasteiger partial charge in [0.25, 0.3) is 0 Å². The van der Waals surface area contributed by atoms with E-state index in [1.807, 2.05) is 0 Å². The van der Waals surface area contributed by atoms with Crippen LogP contribution >= 0.6 is 11.3 Å². The van der Waals surface area contributed by atoms with E-state index in [2.05, 4.69) is 37.9 Å². The van der Waals surface area contributed by atoms with Gasteiger partial charge < -0.3 is 14.8 Å². The Morgan fingerprint density at radius 2 is 1.82 bits per heavy atom. The number of imide groups is 1. The van der Waals surface area contributed by atoms with E-state index < -0.39 is 6.03 Å². The summed E-state index contributed by atoms with van der Waals surface area (Å²) in [5.74, 6) is 0.898. The van der Waals surface area contributed by atoms with Gasteiger partial charge in [0.1, 0.15) is 0 Å². The molecule has 28 heavy (non-hydrogen) atoms. The summed E-state index contributed by atoms with van der Waals surface area (Å²) in [6, 6.07) is 8.73. The standard InChI is InChI=1S/C19H22N4O4S/c24-18(12-23-7-5-22(6-8-23)11-15-2-1-9-28-15)21-19(25)20-14-3-4-16-17(10-14)27-13-26-16/h1-4,9-10H,5-8,11-13H2,(H2,20,21,24,25). The van der Waals surface area contributed by atoms with Gasteiger partial charge in [0, 0.05) is 49.4 Å². The molecular weight excluding hydrogens is 380 g/mol. The summed E-state index contributed by atoms with van der Waals surface area (Å²) in [5.41, 5.74) is 0.539. The summed E-state index contributed by atoms with van der Waals surface area (Å²) in [6.45, 7) is 4.77. The predicted molar refractivity (Wildman–Crippen MR) is 106 cm³/mol. The zero-order valence-corrected chi connectivity index (χ0v) is 16.2. The number of piperazine rings is 1. The third-order valence-corrected chi connectivity index (χ3v) is 5.54. The first-order valence-electron chi connectivity index (χ1n) is 9.13. The Morgan fingerprint density at radius 3 is 2.61 bits per heavy atom. The van der Waals surface area contributed by atoms with Crippen molar-refractivity contribution >= 4 is 29.0 Å². The summed E-state index contributed by atoms with van der Waals surface area (Å²) in [6.07, 6.45) is 0. The average Bonchev–Trinajstić information content (AvgIpc) is 3.34. The molecule has 0 aliphatic carbocycles. The van der Waals surface area contributed by atoms with Crippen LogP contribution in [0.15, 0.2) is 35.7 Å². The summed E-state index contributed by atoms with van der Waals surface area (Å²) < 4.78 is 10.5. The van der Waals surface area contributed by atoms with Crippen molar-refractivity contribution in [1.29, 1.82) is 0 Å². The van der Waals surface area contributed by atoms with Crippen LogP contribution in [0.5, 0.6) is 11.5 Å². The number of hydrogen-bond acceptors (Lipinski definition) is 7. The number of hydrogen-bond donors (Lipinski definition) is 2. The maximum Gasteiger partial charge on any atom is 0.325 e. The maximum absolute atomic E-state index is 12.2. The molecule has 0 unspecified atom stereocenters. The minimum atomic E-state index is -0.555. The van der Waals surface area contributed by atoms with E-state index in [0.29, 0.717) is 17.2 Å². The molecule has 0 bridgehead atoms. The molecule has 1 saturated heterocycles. The van der Waals surface area contributed by atoms with Crippen LogP contribution in [0, 0.1) is 0 Å². The number of carbonyl (C=O) groups excluding carboxylic acids is 2. The van der Waals surface area contributed by atoms with Gasteiger partial charge in [-0.05, 0) is 23.6 Å². The van der Waals surface area contributed by atoms with E-state index >= 15 is 0 Å². The number of thiophene rings is 1. The molecule has 0 saturated carbocycles. The van der Waals surface area contributed by atoms with Crippen LogP contribution in [0.3, 0.4) is 0 Å². The minimum absolute atomic E-state index is 0.171. The van der Waals surface area contributed by atoms with Crippen molar-refractivity contribution in [1.82, 2.24) is 15.1 Å². The molecule has 2 aliphatic rings. The number of amides is 3. The Balaban J connectivity index is 1.19. The molecule has 9 heteroatoms. The minimum Gasteiger partial charge on any atom is -0.454 e. The number of ether oxygens (including phenoxy) is 2. The SMILES string of the molecule is O=C(CN1CCN(Cc2cccs2)CC1)NC(=O)Nc1ccc2c(c1)OCO2. The zero-order valence-electron chi connectivity index (χ0n) is 15.3. The third kappa shape index (κ3) is 4.80. The highest BCUT2D eigenvalue weighted by atomic mass is 32.1. The van der Waals surface area contributed by atoms with Crippen LogP contribution in [0.4, 0.5) is 10.5 Å². The van der Waals surface area contributed by atoms with Crippen molar-refractivity contribution in [3.8, 4) is 11.5 Å². The molecule has 0 radical (unpaired) electrons. The lowest BCUT2D eigenvalue weighted by molar-refractivity contribution is -0.121. The highest BCUT2D eigenvalue weighted by Gasteiger charge is 2.20. The van der Waals surface area contributed by atoms with Crippen molar-refractivity contribution in [2.45, 2.75) is 6.54 Å². The molecular formula is C19H22N4O4S. The van der Waals surface area contributed by atoms with Crippen molar-refractivity contribution in [3.63, 3.8) is 0 Å². The van der Waals surface area contributed by atoms with Crippen molar-refractivity contribution in [2.75, 3.05) is 44.8 Å². The molecule has 148 valence electrons. The van der Waals surface area contributed by atoms with Crippen molar-refractivity contribution < 1.29 is 19.1 Å². The Kier molecular flexibility index (Phi) is 5.75. The van der Waals surface area contributed by atoms with Gasteiger partial charge in [-0.25, -0.2) is 4.79 Å². The van der Waals surface area contributed by atoms with Crippen LogP contribution in [0.25, 0.3) is 0 Å². The molecule has 0 spiro atoms. The fourth-order valence-corrected chi connectivity index (χ4v) is 3.98. The predicted octanol–water partition coefficient (Wildman–Crippen LogP) is 1.94. The van der Waals surface area contributed by atoms with Gasteiger partial charge >= 0.3 is 6.03 Å². The van der Waals surface area contributed by atoms with Crippen LogP contribution in [0.2, 0.25) is 0 Å². The smallest absolute Gasteiger partial charge is 0.325 e. The summed E-state index contributed by atoms with van der Waals surface area (Å²) in [7, 11) is 0. The molecule has 1 aromatic heterocycles. The quantitative estimate of drug-likeness (QED) is 0.795. The first kappa shape index (κ1) is 18.7. The van der Waals surface area contributed by atoms with Crippen LogP contribution in [-0.2, 0) is 11.3 Å². The van der Waals surface area contributed by atoms with E-state index in [0.717, 1.165) is 32.7 Å². The molecule has 1 fully saturated rings. The topological polar surface area (TPSA) is 83.1 Å². The number of nitrogens with zero attached hydrogens (tertiary/aromatic N) is 2. The number of benzene rings is 1. The zero-order chi connectivity index (χ0) is 19.3. The van der Waals surface area contributed by atoms with E-state index in [9.17, 15) is 9.59 Å². The molecule has 4 rings (SSSR count). The number of rotatable bonds is 5. The van der Waals surface area contributed by atoms with Gasteiger partial charge in [-0.3, -0.25) is 19.9 Å². The van der Waals surface area contributed by atoms with Gasteiger partial charge in [0.05, 0.1) is 6.54 Å². The molecule has 2 aliphatic heterocycles. The van der Waals surface area contributed by atoms with Crippen LogP contribution < -0.4 is 20.1 Å². The van der Waals surface area contributed by atoms with E-state index in [1.165, 1.54) is 4.88 Å². The molecule has 2 aromatic rings. The lowest BCUT2D eigenvalue weighted by Gasteiger charge is -2.33. The average molecular weight is 402 g/mol. The Bertz CT molecular complexity index is 834. The first-order chi connectivity index (χ1) is 13.7. The molecule has 0 atom stereocenters. The van der Waals surface area contributed by atoms with Crippen molar-refractivity contribution in [2.24, 2.45) is 0 Å². The Labute approximate surface area is 167 Å². The molecule has 3 heterocycles. The molecule has 3 amide bonds. The van der Waals surface area contributed by atoms with Gasteiger partial charge in [0.15, 0.2) is 11.5 Å². The normalized spacial score (nSPS) is 16.7. The highest BCUT2D eigenvalue weighted by molar-refractivity contribution is 7.09. The molecule has 8 nitrogen and oxygen atoms in total. The number of nitrogens with one attached hydrogen (secondary N) is 2. The van der Waals surface area contributed by atoms with Gasteiger partial charge in [-0.15, -0.1) is 11.3 Å². The fraction of sp³-hybridized carbons (Fsp3) is 0.368. The van der Waals surface area contributed by atoms with Crippen LogP contribution in [0.1, 0.15) is 4.88 Å². The lowest BCUT2D eigenvalue weighted by atomic mass is 10.3. The first-order valence-corrected chi connectivity index (χ1v) is 10.0. The number of urea groups is 1. The van der Waals surface area contributed by atoms with Gasteiger partial charge in [-0.1, -0.05) is 6.07 Å². The highest BCUT2D eigenvalue weighted by Crippen LogP contribution is 2.34. The van der Waals surface area contributed by atoms with E-state index in [4.69, 9.17) is 9.47 Å². The monoisotopic (exact) mass is 402 g/mol. The van der Waals surface area contributed by atoms with Crippen molar-refractivity contribution in [3.05, 3.63) is 40.6 Å². The molecule has 2 N–H and O–H groups in total. The second kappa shape index (κ2) is 8.59. The van der Waals surface area contributed by atoms with Gasteiger partial charge in [0.2, 0.25) is 12.7 Å². The Morgan fingerprint density at radius 1 is 1.04 bits per heavy atom. The second-order valence-electron chi connectivity index (χ2n) is 6.70. The number of carbonyl (C=O) groups is 2.